The van der Waals surface area contributed by atoms with E-state index in [1.165, 1.54) is 56.9 Å². The maximum absolute atomic E-state index is 13.1. The summed E-state index contributed by atoms with van der Waals surface area (Å²) in [4.78, 5) is 0. The van der Waals surface area contributed by atoms with Crippen molar-refractivity contribution in [2.24, 2.45) is 5.92 Å². The second kappa shape index (κ2) is 11.7. The molecule has 0 spiro atoms. The molecule has 0 aromatic heterocycles. The molecule has 2 aromatic carbocycles. The third-order valence-corrected chi connectivity index (χ3v) is 6.87. The van der Waals surface area contributed by atoms with Crippen LogP contribution in [-0.4, -0.2) is 6.61 Å². The lowest BCUT2D eigenvalue weighted by Gasteiger charge is -2.29. The van der Waals surface area contributed by atoms with E-state index in [-0.39, 0.29) is 0 Å². The summed E-state index contributed by atoms with van der Waals surface area (Å²) >= 11 is 0. The third kappa shape index (κ3) is 6.18. The van der Waals surface area contributed by atoms with E-state index >= 15 is 0 Å². The standard InChI is InChI=1S/C27H38F2O/c1-3-5-7-9-20-11-13-21(14-12-20)23-17-18-25-24(19-23)16-15-22(10-8-6-4-2)26(25)30-27(28)29/h15-21,27H,3-14H2,1-2H3. The van der Waals surface area contributed by atoms with Gasteiger partial charge in [0.25, 0.3) is 0 Å². The lowest BCUT2D eigenvalue weighted by Crippen LogP contribution is -2.13. The third-order valence-electron chi connectivity index (χ3n) is 6.87. The molecule has 0 unspecified atom stereocenters. The highest BCUT2D eigenvalue weighted by molar-refractivity contribution is 5.90. The van der Waals surface area contributed by atoms with Crippen LogP contribution >= 0.6 is 0 Å². The normalized spacial score (nSPS) is 19.5. The molecule has 2 aromatic rings. The first-order valence-electron chi connectivity index (χ1n) is 12.1. The number of hydrogen-bond acceptors (Lipinski definition) is 1. The Morgan fingerprint density at radius 3 is 2.33 bits per heavy atom. The lowest BCUT2D eigenvalue weighted by atomic mass is 9.76. The average Bonchev–Trinajstić information content (AvgIpc) is 2.75. The van der Waals surface area contributed by atoms with Gasteiger partial charge in [0.15, 0.2) is 0 Å². The van der Waals surface area contributed by atoms with E-state index in [0.717, 1.165) is 47.9 Å². The minimum Gasteiger partial charge on any atom is -0.434 e. The van der Waals surface area contributed by atoms with Crippen LogP contribution in [0.3, 0.4) is 0 Å². The van der Waals surface area contributed by atoms with Crippen LogP contribution in [0.15, 0.2) is 30.3 Å². The number of unbranched alkanes of at least 4 members (excludes halogenated alkanes) is 4. The Bertz CT molecular complexity index is 778. The zero-order valence-corrected chi connectivity index (χ0v) is 18.8. The predicted molar refractivity (Wildman–Crippen MR) is 123 cm³/mol. The van der Waals surface area contributed by atoms with Gasteiger partial charge in [-0.05, 0) is 66.9 Å². The maximum atomic E-state index is 13.1. The van der Waals surface area contributed by atoms with Crippen molar-refractivity contribution in [2.45, 2.75) is 103 Å². The second-order valence-corrected chi connectivity index (χ2v) is 9.08. The van der Waals surface area contributed by atoms with E-state index in [2.05, 4.69) is 32.0 Å². The minimum absolute atomic E-state index is 0.379. The smallest absolute Gasteiger partial charge is 0.387 e. The van der Waals surface area contributed by atoms with Gasteiger partial charge in [-0.1, -0.05) is 82.7 Å². The fourth-order valence-electron chi connectivity index (χ4n) is 5.08. The summed E-state index contributed by atoms with van der Waals surface area (Å²) in [5.41, 5.74) is 2.26. The van der Waals surface area contributed by atoms with Crippen molar-refractivity contribution in [3.63, 3.8) is 0 Å². The highest BCUT2D eigenvalue weighted by Crippen LogP contribution is 2.40. The van der Waals surface area contributed by atoms with Gasteiger partial charge in [0.2, 0.25) is 0 Å². The fraction of sp³-hybridized carbons (Fsp3) is 0.630. The first kappa shape index (κ1) is 23.0. The van der Waals surface area contributed by atoms with Crippen molar-refractivity contribution in [1.29, 1.82) is 0 Å². The van der Waals surface area contributed by atoms with Crippen LogP contribution in [0, 0.1) is 5.92 Å². The molecule has 1 aliphatic carbocycles. The molecule has 1 nitrogen and oxygen atoms in total. The van der Waals surface area contributed by atoms with E-state index in [9.17, 15) is 8.78 Å². The number of fused-ring (bicyclic) bond motifs is 1. The number of rotatable bonds is 11. The van der Waals surface area contributed by atoms with Crippen LogP contribution < -0.4 is 4.74 Å². The Kier molecular flexibility index (Phi) is 8.96. The Balaban J connectivity index is 1.73. The van der Waals surface area contributed by atoms with E-state index in [1.807, 2.05) is 12.1 Å². The molecule has 0 amide bonds. The number of aryl methyl sites for hydroxylation is 1. The Morgan fingerprint density at radius 1 is 0.900 bits per heavy atom. The predicted octanol–water partition coefficient (Wildman–Crippen LogP) is 9.03. The van der Waals surface area contributed by atoms with E-state index in [4.69, 9.17) is 4.74 Å². The van der Waals surface area contributed by atoms with Crippen LogP contribution in [0.1, 0.15) is 102 Å². The Labute approximate surface area is 181 Å². The summed E-state index contributed by atoms with van der Waals surface area (Å²) in [5, 5.41) is 1.84. The quantitative estimate of drug-likeness (QED) is 0.332. The van der Waals surface area contributed by atoms with E-state index in [1.54, 1.807) is 0 Å². The van der Waals surface area contributed by atoms with Gasteiger partial charge in [-0.25, -0.2) is 0 Å². The zero-order valence-electron chi connectivity index (χ0n) is 18.8. The van der Waals surface area contributed by atoms with Crippen LogP contribution in [0.5, 0.6) is 5.75 Å². The highest BCUT2D eigenvalue weighted by Gasteiger charge is 2.23. The average molecular weight is 417 g/mol. The van der Waals surface area contributed by atoms with Crippen LogP contribution in [0.25, 0.3) is 10.8 Å². The molecule has 0 heterocycles. The molecule has 166 valence electrons. The van der Waals surface area contributed by atoms with Gasteiger partial charge in [-0.3, -0.25) is 0 Å². The van der Waals surface area contributed by atoms with E-state index < -0.39 is 6.61 Å². The van der Waals surface area contributed by atoms with Crippen molar-refractivity contribution in [3.8, 4) is 5.75 Å². The summed E-state index contributed by atoms with van der Waals surface area (Å²) in [6.45, 7) is 1.63. The molecule has 0 radical (unpaired) electrons. The molecular weight excluding hydrogens is 378 g/mol. The molecule has 1 fully saturated rings. The first-order valence-corrected chi connectivity index (χ1v) is 12.1. The van der Waals surface area contributed by atoms with Crippen LogP contribution in [0.2, 0.25) is 0 Å². The Hall–Kier alpha value is -1.64. The lowest BCUT2D eigenvalue weighted by molar-refractivity contribution is -0.0493. The number of alkyl halides is 2. The van der Waals surface area contributed by atoms with Gasteiger partial charge < -0.3 is 4.74 Å². The topological polar surface area (TPSA) is 9.23 Å². The van der Waals surface area contributed by atoms with Gasteiger partial charge in [-0.2, -0.15) is 8.78 Å². The van der Waals surface area contributed by atoms with Crippen LogP contribution in [0.4, 0.5) is 8.78 Å². The van der Waals surface area contributed by atoms with Gasteiger partial charge in [0, 0.05) is 5.39 Å². The van der Waals surface area contributed by atoms with Crippen molar-refractivity contribution < 1.29 is 13.5 Å². The molecular formula is C27H38F2O. The summed E-state index contributed by atoms with van der Waals surface area (Å²) in [6, 6.07) is 10.5. The number of benzene rings is 2. The Morgan fingerprint density at radius 2 is 1.63 bits per heavy atom. The SMILES string of the molecule is CCCCCc1ccc2cc(C3CCC(CCCCC)CC3)ccc2c1OC(F)F. The van der Waals surface area contributed by atoms with Crippen LogP contribution in [-0.2, 0) is 6.42 Å². The maximum Gasteiger partial charge on any atom is 0.387 e. The first-order chi connectivity index (χ1) is 14.6. The monoisotopic (exact) mass is 416 g/mol. The van der Waals surface area contributed by atoms with Crippen molar-refractivity contribution in [2.75, 3.05) is 0 Å². The number of hydrogen-bond donors (Lipinski definition) is 0. The van der Waals surface area contributed by atoms with Crippen molar-refractivity contribution in [3.05, 3.63) is 41.5 Å². The molecule has 0 atom stereocenters. The minimum atomic E-state index is -2.79. The van der Waals surface area contributed by atoms with Crippen molar-refractivity contribution >= 4 is 10.8 Å². The number of ether oxygens (including phenoxy) is 1. The molecule has 0 aliphatic heterocycles. The second-order valence-electron chi connectivity index (χ2n) is 9.08. The largest absolute Gasteiger partial charge is 0.434 e. The van der Waals surface area contributed by atoms with E-state index in [0.29, 0.717) is 11.7 Å². The number of halogens is 2. The van der Waals surface area contributed by atoms with Crippen molar-refractivity contribution in [1.82, 2.24) is 0 Å². The summed E-state index contributed by atoms with van der Waals surface area (Å²) in [7, 11) is 0. The molecule has 0 bridgehead atoms. The molecule has 3 heteroatoms. The summed E-state index contributed by atoms with van der Waals surface area (Å²) in [6.07, 6.45) is 14.5. The molecule has 0 N–H and O–H groups in total. The molecule has 1 saturated carbocycles. The molecule has 0 saturated heterocycles. The summed E-state index contributed by atoms with van der Waals surface area (Å²) < 4.78 is 31.2. The molecule has 3 rings (SSSR count). The zero-order chi connectivity index (χ0) is 21.3. The van der Waals surface area contributed by atoms with Gasteiger partial charge in [0.1, 0.15) is 5.75 Å². The van der Waals surface area contributed by atoms with Gasteiger partial charge >= 0.3 is 6.61 Å². The van der Waals surface area contributed by atoms with Gasteiger partial charge in [-0.15, -0.1) is 0 Å². The fourth-order valence-corrected chi connectivity index (χ4v) is 5.08. The highest BCUT2D eigenvalue weighted by atomic mass is 19.3. The molecule has 1 aliphatic rings. The summed E-state index contributed by atoms with van der Waals surface area (Å²) in [5.74, 6) is 1.87. The van der Waals surface area contributed by atoms with Gasteiger partial charge in [0.05, 0.1) is 0 Å². The molecule has 30 heavy (non-hydrogen) atoms.